The first-order chi connectivity index (χ1) is 11.1. The molecular formula is C19H24N2OS. The summed E-state index contributed by atoms with van der Waals surface area (Å²) in [7, 11) is 0. The third-order valence-corrected chi connectivity index (χ3v) is 5.60. The minimum atomic E-state index is -0.124. The van der Waals surface area contributed by atoms with Gasteiger partial charge in [-0.25, -0.2) is 4.79 Å². The number of nitrogens with one attached hydrogen (secondary N) is 2. The first-order valence-electron chi connectivity index (χ1n) is 8.33. The lowest BCUT2D eigenvalue weighted by atomic mass is 9.95. The zero-order valence-electron chi connectivity index (χ0n) is 13.9. The predicted molar refractivity (Wildman–Crippen MR) is 97.6 cm³/mol. The van der Waals surface area contributed by atoms with Crippen LogP contribution >= 0.6 is 11.3 Å². The van der Waals surface area contributed by atoms with E-state index in [1.54, 1.807) is 10.4 Å². The number of anilines is 1. The van der Waals surface area contributed by atoms with Gasteiger partial charge in [-0.15, -0.1) is 11.3 Å². The lowest BCUT2D eigenvalue weighted by Gasteiger charge is -2.13. The molecule has 0 fully saturated rings. The van der Waals surface area contributed by atoms with Gasteiger partial charge < -0.3 is 10.6 Å². The van der Waals surface area contributed by atoms with Crippen LogP contribution in [0.5, 0.6) is 0 Å². The SMILES string of the molecule is Cc1ccc(NC(=O)NCCc2csc3c2CCCC3)c(C)c1. The normalized spacial score (nSPS) is 13.5. The number of hydrogen-bond acceptors (Lipinski definition) is 2. The Morgan fingerprint density at radius 1 is 1.22 bits per heavy atom. The quantitative estimate of drug-likeness (QED) is 0.845. The molecule has 2 aromatic rings. The Morgan fingerprint density at radius 2 is 2.04 bits per heavy atom. The van der Waals surface area contributed by atoms with E-state index in [0.717, 1.165) is 17.7 Å². The molecule has 3 rings (SSSR count). The summed E-state index contributed by atoms with van der Waals surface area (Å²) < 4.78 is 0. The van der Waals surface area contributed by atoms with Crippen LogP contribution in [0.25, 0.3) is 0 Å². The Balaban J connectivity index is 1.50. The van der Waals surface area contributed by atoms with Gasteiger partial charge in [0.2, 0.25) is 0 Å². The molecule has 3 nitrogen and oxygen atoms in total. The molecule has 0 bridgehead atoms. The number of urea groups is 1. The molecule has 0 spiro atoms. The largest absolute Gasteiger partial charge is 0.338 e. The van der Waals surface area contributed by atoms with Crippen molar-refractivity contribution in [3.8, 4) is 0 Å². The van der Waals surface area contributed by atoms with E-state index in [1.165, 1.54) is 36.8 Å². The second kappa shape index (κ2) is 7.18. The minimum Gasteiger partial charge on any atom is -0.338 e. The van der Waals surface area contributed by atoms with Gasteiger partial charge in [0.15, 0.2) is 0 Å². The maximum Gasteiger partial charge on any atom is 0.319 e. The van der Waals surface area contributed by atoms with Gasteiger partial charge in [0.25, 0.3) is 0 Å². The molecule has 4 heteroatoms. The van der Waals surface area contributed by atoms with Crippen LogP contribution in [0.15, 0.2) is 23.6 Å². The summed E-state index contributed by atoms with van der Waals surface area (Å²) in [6.45, 7) is 4.75. The molecule has 0 atom stereocenters. The molecule has 1 aromatic heterocycles. The van der Waals surface area contributed by atoms with E-state index in [0.29, 0.717) is 6.54 Å². The van der Waals surface area contributed by atoms with Crippen molar-refractivity contribution in [3.05, 3.63) is 50.7 Å². The van der Waals surface area contributed by atoms with Crippen molar-refractivity contribution in [1.29, 1.82) is 0 Å². The van der Waals surface area contributed by atoms with Gasteiger partial charge in [-0.1, -0.05) is 17.7 Å². The zero-order chi connectivity index (χ0) is 16.2. The van der Waals surface area contributed by atoms with Crippen LogP contribution in [0, 0.1) is 13.8 Å². The van der Waals surface area contributed by atoms with Crippen molar-refractivity contribution in [1.82, 2.24) is 5.32 Å². The molecule has 2 amide bonds. The van der Waals surface area contributed by atoms with Crippen molar-refractivity contribution >= 4 is 23.1 Å². The Bertz CT molecular complexity index is 705. The number of benzene rings is 1. The molecule has 1 aliphatic carbocycles. The number of aryl methyl sites for hydroxylation is 3. The third-order valence-electron chi connectivity index (χ3n) is 4.46. The van der Waals surface area contributed by atoms with Gasteiger partial charge in [0.1, 0.15) is 0 Å². The highest BCUT2D eigenvalue weighted by molar-refractivity contribution is 7.10. The maximum atomic E-state index is 12.0. The van der Waals surface area contributed by atoms with Crippen LogP contribution in [0.4, 0.5) is 10.5 Å². The molecule has 0 saturated carbocycles. The monoisotopic (exact) mass is 328 g/mol. The molecule has 1 aliphatic rings. The van der Waals surface area contributed by atoms with Crippen molar-refractivity contribution in [3.63, 3.8) is 0 Å². The van der Waals surface area contributed by atoms with Gasteiger partial charge in [-0.05, 0) is 74.1 Å². The standard InChI is InChI=1S/C19H24N2OS/c1-13-7-8-17(14(2)11-13)21-19(22)20-10-9-15-12-23-18-6-4-3-5-16(15)18/h7-8,11-12H,3-6,9-10H2,1-2H3,(H2,20,21,22). The van der Waals surface area contributed by atoms with Gasteiger partial charge in [0.05, 0.1) is 0 Å². The summed E-state index contributed by atoms with van der Waals surface area (Å²) in [5.41, 5.74) is 6.15. The third kappa shape index (κ3) is 3.94. The average Bonchev–Trinajstić information content (AvgIpc) is 2.94. The summed E-state index contributed by atoms with van der Waals surface area (Å²) in [5, 5.41) is 8.18. The first kappa shape index (κ1) is 16.1. The lowest BCUT2D eigenvalue weighted by molar-refractivity contribution is 0.252. The number of rotatable bonds is 4. The molecule has 0 saturated heterocycles. The number of hydrogen-bond donors (Lipinski definition) is 2. The first-order valence-corrected chi connectivity index (χ1v) is 9.21. The fraction of sp³-hybridized carbons (Fsp3) is 0.421. The highest BCUT2D eigenvalue weighted by Crippen LogP contribution is 2.30. The molecule has 2 N–H and O–H groups in total. The topological polar surface area (TPSA) is 41.1 Å². The number of carbonyl (C=O) groups is 1. The number of thiophene rings is 1. The Morgan fingerprint density at radius 3 is 2.87 bits per heavy atom. The van der Waals surface area contributed by atoms with Crippen LogP contribution in [-0.4, -0.2) is 12.6 Å². The molecule has 0 radical (unpaired) electrons. The predicted octanol–water partition coefficient (Wildman–Crippen LogP) is 4.61. The maximum absolute atomic E-state index is 12.0. The van der Waals surface area contributed by atoms with E-state index in [1.807, 2.05) is 30.4 Å². The van der Waals surface area contributed by atoms with Crippen LogP contribution in [-0.2, 0) is 19.3 Å². The zero-order valence-corrected chi connectivity index (χ0v) is 14.7. The summed E-state index contributed by atoms with van der Waals surface area (Å²) >= 11 is 1.89. The number of fused-ring (bicyclic) bond motifs is 1. The van der Waals surface area contributed by atoms with Crippen molar-refractivity contribution in [2.24, 2.45) is 0 Å². The Labute approximate surface area is 142 Å². The molecule has 23 heavy (non-hydrogen) atoms. The van der Waals surface area contributed by atoms with E-state index in [4.69, 9.17) is 0 Å². The van der Waals surface area contributed by atoms with E-state index >= 15 is 0 Å². The van der Waals surface area contributed by atoms with Crippen LogP contribution < -0.4 is 10.6 Å². The second-order valence-corrected chi connectivity index (χ2v) is 7.28. The van der Waals surface area contributed by atoms with E-state index in [2.05, 4.69) is 29.0 Å². The van der Waals surface area contributed by atoms with Crippen molar-refractivity contribution in [2.45, 2.75) is 46.0 Å². The molecule has 1 heterocycles. The van der Waals surface area contributed by atoms with Gasteiger partial charge >= 0.3 is 6.03 Å². The fourth-order valence-corrected chi connectivity index (χ4v) is 4.38. The molecule has 0 aliphatic heterocycles. The number of carbonyl (C=O) groups excluding carboxylic acids is 1. The summed E-state index contributed by atoms with van der Waals surface area (Å²) in [5.74, 6) is 0. The molecule has 122 valence electrons. The van der Waals surface area contributed by atoms with Crippen LogP contribution in [0.2, 0.25) is 0 Å². The van der Waals surface area contributed by atoms with E-state index in [-0.39, 0.29) is 6.03 Å². The van der Waals surface area contributed by atoms with Gasteiger partial charge in [-0.3, -0.25) is 0 Å². The fourth-order valence-electron chi connectivity index (χ4n) is 3.20. The Hall–Kier alpha value is -1.81. The minimum absolute atomic E-state index is 0.124. The van der Waals surface area contributed by atoms with Crippen LogP contribution in [0.3, 0.4) is 0 Å². The average molecular weight is 328 g/mol. The highest BCUT2D eigenvalue weighted by Gasteiger charge is 2.15. The highest BCUT2D eigenvalue weighted by atomic mass is 32.1. The molecule has 1 aromatic carbocycles. The van der Waals surface area contributed by atoms with Crippen molar-refractivity contribution in [2.75, 3.05) is 11.9 Å². The molecular weight excluding hydrogens is 304 g/mol. The summed E-state index contributed by atoms with van der Waals surface area (Å²) in [6, 6.07) is 5.92. The lowest BCUT2D eigenvalue weighted by Crippen LogP contribution is -2.30. The molecule has 0 unspecified atom stereocenters. The number of amides is 2. The van der Waals surface area contributed by atoms with Gasteiger partial charge in [-0.2, -0.15) is 0 Å². The van der Waals surface area contributed by atoms with E-state index in [9.17, 15) is 4.79 Å². The summed E-state index contributed by atoms with van der Waals surface area (Å²) in [6.07, 6.45) is 6.00. The van der Waals surface area contributed by atoms with Crippen LogP contribution in [0.1, 0.15) is 40.0 Å². The summed E-state index contributed by atoms with van der Waals surface area (Å²) in [4.78, 5) is 13.6. The van der Waals surface area contributed by atoms with E-state index < -0.39 is 0 Å². The second-order valence-electron chi connectivity index (χ2n) is 6.32. The smallest absolute Gasteiger partial charge is 0.319 e. The van der Waals surface area contributed by atoms with Crippen molar-refractivity contribution < 1.29 is 4.79 Å². The Kier molecular flexibility index (Phi) is 5.01. The van der Waals surface area contributed by atoms with Gasteiger partial charge in [0, 0.05) is 17.1 Å².